The van der Waals surface area contributed by atoms with E-state index in [2.05, 4.69) is 179 Å². The van der Waals surface area contributed by atoms with Gasteiger partial charge in [0.15, 0.2) is 5.82 Å². The van der Waals surface area contributed by atoms with E-state index < -0.39 is 0 Å². The van der Waals surface area contributed by atoms with Crippen LogP contribution in [0.1, 0.15) is 0 Å². The van der Waals surface area contributed by atoms with Crippen LogP contribution in [-0.2, 0) is 0 Å². The van der Waals surface area contributed by atoms with Gasteiger partial charge in [0.25, 0.3) is 0 Å². The van der Waals surface area contributed by atoms with E-state index in [4.69, 9.17) is 9.97 Å². The maximum absolute atomic E-state index is 5.38. The molecular formula is C46H28N4S. The lowest BCUT2D eigenvalue weighted by Gasteiger charge is -2.14. The van der Waals surface area contributed by atoms with Crippen LogP contribution in [0.3, 0.4) is 0 Å². The van der Waals surface area contributed by atoms with Crippen molar-refractivity contribution in [3.63, 3.8) is 0 Å². The number of para-hydroxylation sites is 4. The van der Waals surface area contributed by atoms with Crippen LogP contribution in [0.25, 0.3) is 97.9 Å². The zero-order chi connectivity index (χ0) is 33.5. The molecule has 0 aliphatic carbocycles. The third-order valence-electron chi connectivity index (χ3n) is 10.1. The molecule has 0 saturated heterocycles. The first-order chi connectivity index (χ1) is 25.3. The zero-order valence-corrected chi connectivity index (χ0v) is 28.2. The molecule has 7 aromatic carbocycles. The normalized spacial score (nSPS) is 11.9. The zero-order valence-electron chi connectivity index (χ0n) is 27.4. The molecule has 51 heavy (non-hydrogen) atoms. The average molecular weight is 669 g/mol. The van der Waals surface area contributed by atoms with Crippen molar-refractivity contribution in [1.29, 1.82) is 0 Å². The summed E-state index contributed by atoms with van der Waals surface area (Å²) in [4.78, 5) is 10.7. The molecule has 0 saturated carbocycles. The lowest BCUT2D eigenvalue weighted by Crippen LogP contribution is -2.01. The molecule has 0 radical (unpaired) electrons. The fourth-order valence-electron chi connectivity index (χ4n) is 7.91. The summed E-state index contributed by atoms with van der Waals surface area (Å²) in [5.74, 6) is 0.714. The van der Waals surface area contributed by atoms with Crippen LogP contribution in [0.2, 0.25) is 0 Å². The van der Waals surface area contributed by atoms with Crippen molar-refractivity contribution in [3.05, 3.63) is 170 Å². The van der Waals surface area contributed by atoms with Crippen molar-refractivity contribution in [1.82, 2.24) is 19.1 Å². The highest BCUT2D eigenvalue weighted by molar-refractivity contribution is 7.26. The second kappa shape index (κ2) is 11.0. The van der Waals surface area contributed by atoms with Crippen LogP contribution in [0.4, 0.5) is 0 Å². The summed E-state index contributed by atoms with van der Waals surface area (Å²) in [5, 5.41) is 6.07. The predicted molar refractivity (Wildman–Crippen MR) is 214 cm³/mol. The van der Waals surface area contributed by atoms with Crippen molar-refractivity contribution in [2.24, 2.45) is 0 Å². The first-order valence-electron chi connectivity index (χ1n) is 17.2. The van der Waals surface area contributed by atoms with E-state index in [1.54, 1.807) is 11.3 Å². The largest absolute Gasteiger partial charge is 0.309 e. The monoisotopic (exact) mass is 668 g/mol. The molecule has 11 aromatic rings. The molecule has 4 nitrogen and oxygen atoms in total. The number of hydrogen-bond acceptors (Lipinski definition) is 3. The summed E-state index contributed by atoms with van der Waals surface area (Å²) in [6.45, 7) is 0. The fraction of sp³-hybridized carbons (Fsp3) is 0. The van der Waals surface area contributed by atoms with E-state index in [-0.39, 0.29) is 0 Å². The van der Waals surface area contributed by atoms with E-state index in [1.807, 2.05) is 0 Å². The molecular weight excluding hydrogens is 641 g/mol. The molecule has 0 spiro atoms. The summed E-state index contributed by atoms with van der Waals surface area (Å²) < 4.78 is 7.12. The van der Waals surface area contributed by atoms with E-state index in [9.17, 15) is 0 Å². The van der Waals surface area contributed by atoms with Crippen molar-refractivity contribution in [2.75, 3.05) is 0 Å². The van der Waals surface area contributed by atoms with Crippen molar-refractivity contribution >= 4 is 75.3 Å². The van der Waals surface area contributed by atoms with Gasteiger partial charge in [-0.2, -0.15) is 0 Å². The Morgan fingerprint density at radius 3 is 1.78 bits per heavy atom. The Kier molecular flexibility index (Phi) is 6.09. The molecule has 4 aromatic heterocycles. The van der Waals surface area contributed by atoms with Gasteiger partial charge in [0.1, 0.15) is 0 Å². The Hall–Kier alpha value is -6.56. The lowest BCUT2D eigenvalue weighted by molar-refractivity contribution is 1.15. The number of aromatic nitrogens is 4. The highest BCUT2D eigenvalue weighted by Gasteiger charge is 2.22. The first-order valence-corrected chi connectivity index (χ1v) is 18.0. The molecule has 0 bridgehead atoms. The van der Waals surface area contributed by atoms with E-state index in [0.29, 0.717) is 5.82 Å². The second-order valence-corrected chi connectivity index (χ2v) is 14.0. The summed E-state index contributed by atoms with van der Waals surface area (Å²) in [5.41, 5.74) is 10.9. The highest BCUT2D eigenvalue weighted by Crippen LogP contribution is 2.43. The molecule has 238 valence electrons. The number of hydrogen-bond donors (Lipinski definition) is 0. The minimum Gasteiger partial charge on any atom is -0.309 e. The van der Waals surface area contributed by atoms with Crippen LogP contribution in [0, 0.1) is 0 Å². The molecule has 5 heteroatoms. The van der Waals surface area contributed by atoms with Crippen LogP contribution < -0.4 is 0 Å². The van der Waals surface area contributed by atoms with E-state index >= 15 is 0 Å². The van der Waals surface area contributed by atoms with Gasteiger partial charge in [-0.15, -0.1) is 11.3 Å². The molecule has 0 amide bonds. The maximum atomic E-state index is 5.38. The van der Waals surface area contributed by atoms with Gasteiger partial charge in [-0.05, 0) is 54.6 Å². The maximum Gasteiger partial charge on any atom is 0.162 e. The SMILES string of the molecule is c1ccc(-c2nc(-c3ccccc3-n3c4ccccc4c4cc5c6ccccc6n(-c6ccccc6)c5cc43)nc3c2sc2ccccc23)cc1. The molecule has 0 N–H and O–H groups in total. The van der Waals surface area contributed by atoms with Gasteiger partial charge in [0.05, 0.1) is 43.7 Å². The molecule has 0 atom stereocenters. The Morgan fingerprint density at radius 2 is 1.02 bits per heavy atom. The minimum absolute atomic E-state index is 0.714. The van der Waals surface area contributed by atoms with Gasteiger partial charge in [-0.1, -0.05) is 115 Å². The van der Waals surface area contributed by atoms with Gasteiger partial charge >= 0.3 is 0 Å². The standard InChI is InChI=1S/C46H28N4S/c1-3-15-29(16-4-1)43-45-44(34-22-10-14-26-42(34)51-45)48-46(47-43)33-21-9-13-25-39(33)50-38-24-12-8-20-32(38)36-27-35-31-19-7-11-23-37(31)49(40(35)28-41(36)50)30-17-5-2-6-18-30/h1-28H. The van der Waals surface area contributed by atoms with E-state index in [1.165, 1.54) is 37.3 Å². The van der Waals surface area contributed by atoms with E-state index in [0.717, 1.165) is 54.8 Å². The Morgan fingerprint density at radius 1 is 0.431 bits per heavy atom. The fourth-order valence-corrected chi connectivity index (χ4v) is 9.06. The molecule has 11 rings (SSSR count). The summed E-state index contributed by atoms with van der Waals surface area (Å²) in [6.07, 6.45) is 0. The van der Waals surface area contributed by atoms with Crippen molar-refractivity contribution in [2.45, 2.75) is 0 Å². The molecule has 0 aliphatic rings. The topological polar surface area (TPSA) is 35.6 Å². The van der Waals surface area contributed by atoms with Gasteiger partial charge in [-0.3, -0.25) is 0 Å². The van der Waals surface area contributed by atoms with Crippen molar-refractivity contribution in [3.8, 4) is 34.0 Å². The lowest BCUT2D eigenvalue weighted by atomic mass is 10.1. The molecule has 0 fully saturated rings. The quantitative estimate of drug-likeness (QED) is 0.187. The summed E-state index contributed by atoms with van der Waals surface area (Å²) in [6, 6.07) is 60.6. The van der Waals surface area contributed by atoms with Crippen LogP contribution in [0.15, 0.2) is 170 Å². The van der Waals surface area contributed by atoms with Gasteiger partial charge in [0, 0.05) is 48.4 Å². The second-order valence-electron chi connectivity index (χ2n) is 13.0. The summed E-state index contributed by atoms with van der Waals surface area (Å²) in [7, 11) is 0. The van der Waals surface area contributed by atoms with Crippen LogP contribution in [-0.4, -0.2) is 19.1 Å². The summed E-state index contributed by atoms with van der Waals surface area (Å²) >= 11 is 1.76. The Bertz CT molecular complexity index is 3130. The van der Waals surface area contributed by atoms with Gasteiger partial charge < -0.3 is 9.13 Å². The smallest absolute Gasteiger partial charge is 0.162 e. The van der Waals surface area contributed by atoms with Crippen LogP contribution in [0.5, 0.6) is 0 Å². The number of rotatable bonds is 4. The van der Waals surface area contributed by atoms with Crippen LogP contribution >= 0.6 is 11.3 Å². The van der Waals surface area contributed by atoms with Gasteiger partial charge in [-0.25, -0.2) is 9.97 Å². The Labute approximate surface area is 297 Å². The highest BCUT2D eigenvalue weighted by atomic mass is 32.1. The third-order valence-corrected chi connectivity index (χ3v) is 11.3. The van der Waals surface area contributed by atoms with Crippen molar-refractivity contribution < 1.29 is 0 Å². The predicted octanol–water partition coefficient (Wildman–Crippen LogP) is 12.4. The third kappa shape index (κ3) is 4.19. The van der Waals surface area contributed by atoms with Gasteiger partial charge in [0.2, 0.25) is 0 Å². The minimum atomic E-state index is 0.714. The molecule has 0 aliphatic heterocycles. The first kappa shape index (κ1) is 28.3. The number of fused-ring (bicyclic) bond motifs is 9. The average Bonchev–Trinajstić information content (AvgIpc) is 3.85. The molecule has 4 heterocycles. The number of thiophene rings is 1. The Balaban J connectivity index is 1.24. The molecule has 0 unspecified atom stereocenters. The number of nitrogens with zero attached hydrogens (tertiary/aromatic N) is 4. The number of benzene rings is 7.